The van der Waals surface area contributed by atoms with Crippen molar-refractivity contribution in [1.82, 2.24) is 0 Å². The first kappa shape index (κ1) is 9.56. The van der Waals surface area contributed by atoms with Crippen LogP contribution in [0.3, 0.4) is 0 Å². The number of hydrogen-bond donors (Lipinski definition) is 1. The molecule has 0 amide bonds. The number of benzene rings is 1. The number of nitrogens with two attached hydrogens (primary N) is 1. The maximum Gasteiger partial charge on any atom is 0.0409 e. The molecule has 0 aliphatic rings. The zero-order valence-corrected chi connectivity index (χ0v) is 7.88. The van der Waals surface area contributed by atoms with Crippen molar-refractivity contribution in [3.63, 3.8) is 0 Å². The molecular formula is C10H13ClN. The second kappa shape index (κ2) is 4.48. The lowest BCUT2D eigenvalue weighted by Gasteiger charge is -2.09. The van der Waals surface area contributed by atoms with Crippen LogP contribution >= 0.6 is 11.6 Å². The van der Waals surface area contributed by atoms with Gasteiger partial charge in [0.05, 0.1) is 0 Å². The van der Waals surface area contributed by atoms with Crippen LogP contribution < -0.4 is 5.73 Å². The number of hydrogen-bond acceptors (Lipinski definition) is 1. The van der Waals surface area contributed by atoms with E-state index in [-0.39, 0.29) is 6.04 Å². The summed E-state index contributed by atoms with van der Waals surface area (Å²) in [4.78, 5) is 0. The molecule has 1 aromatic carbocycles. The molecule has 2 heteroatoms. The van der Waals surface area contributed by atoms with E-state index < -0.39 is 0 Å². The monoisotopic (exact) mass is 182 g/mol. The van der Waals surface area contributed by atoms with E-state index in [1.54, 1.807) is 0 Å². The van der Waals surface area contributed by atoms with E-state index in [9.17, 15) is 0 Å². The van der Waals surface area contributed by atoms with Crippen LogP contribution in [0.4, 0.5) is 0 Å². The van der Waals surface area contributed by atoms with Gasteiger partial charge in [-0.05, 0) is 30.5 Å². The molecule has 1 atom stereocenters. The van der Waals surface area contributed by atoms with Gasteiger partial charge in [-0.3, -0.25) is 0 Å². The highest BCUT2D eigenvalue weighted by atomic mass is 35.5. The minimum absolute atomic E-state index is 0.0775. The van der Waals surface area contributed by atoms with Gasteiger partial charge in [0.2, 0.25) is 0 Å². The molecule has 1 aromatic rings. The summed E-state index contributed by atoms with van der Waals surface area (Å²) in [6.45, 7) is 2.00. The van der Waals surface area contributed by atoms with Crippen molar-refractivity contribution in [1.29, 1.82) is 0 Å². The first-order chi connectivity index (χ1) is 5.74. The number of halogens is 1. The van der Waals surface area contributed by atoms with Gasteiger partial charge < -0.3 is 5.73 Å². The molecule has 0 aliphatic carbocycles. The summed E-state index contributed by atoms with van der Waals surface area (Å²) in [5, 5.41) is 0.749. The molecule has 1 radical (unpaired) electrons. The summed E-state index contributed by atoms with van der Waals surface area (Å²) < 4.78 is 0. The van der Waals surface area contributed by atoms with Gasteiger partial charge >= 0.3 is 0 Å². The maximum absolute atomic E-state index is 5.88. The summed E-state index contributed by atoms with van der Waals surface area (Å²) >= 11 is 5.82. The molecule has 65 valence electrons. The van der Waals surface area contributed by atoms with Gasteiger partial charge in [-0.2, -0.15) is 0 Å². The highest BCUT2D eigenvalue weighted by Crippen LogP contribution is 2.18. The molecule has 0 fully saturated rings. The normalized spacial score (nSPS) is 12.9. The van der Waals surface area contributed by atoms with Crippen molar-refractivity contribution in [2.75, 3.05) is 0 Å². The fourth-order valence-corrected chi connectivity index (χ4v) is 1.33. The van der Waals surface area contributed by atoms with Crippen LogP contribution in [-0.4, -0.2) is 0 Å². The summed E-state index contributed by atoms with van der Waals surface area (Å²) in [5.74, 6) is 0. The fourth-order valence-electron chi connectivity index (χ4n) is 1.13. The summed E-state index contributed by atoms with van der Waals surface area (Å²) in [5.41, 5.74) is 6.98. The zero-order chi connectivity index (χ0) is 8.97. The highest BCUT2D eigenvalue weighted by Gasteiger charge is 2.03. The Labute approximate surface area is 78.5 Å². The van der Waals surface area contributed by atoms with Crippen LogP contribution in [0.1, 0.15) is 24.9 Å². The van der Waals surface area contributed by atoms with Gasteiger partial charge in [0.25, 0.3) is 0 Å². The smallest absolute Gasteiger partial charge is 0.0409 e. The molecule has 0 saturated carbocycles. The Morgan fingerprint density at radius 3 is 2.92 bits per heavy atom. The van der Waals surface area contributed by atoms with Gasteiger partial charge in [-0.1, -0.05) is 30.7 Å². The van der Waals surface area contributed by atoms with Crippen molar-refractivity contribution < 1.29 is 0 Å². The molecule has 1 unspecified atom stereocenters. The largest absolute Gasteiger partial charge is 0.324 e. The van der Waals surface area contributed by atoms with E-state index >= 15 is 0 Å². The molecule has 1 rings (SSSR count). The SMILES string of the molecule is C[CH]CC(N)c1cccc(Cl)c1. The molecule has 0 spiro atoms. The molecule has 2 N–H and O–H groups in total. The Morgan fingerprint density at radius 1 is 1.58 bits per heavy atom. The lowest BCUT2D eigenvalue weighted by atomic mass is 10.0. The maximum atomic E-state index is 5.88. The lowest BCUT2D eigenvalue weighted by Crippen LogP contribution is -2.09. The van der Waals surface area contributed by atoms with E-state index in [0.29, 0.717) is 0 Å². The molecule has 0 aromatic heterocycles. The van der Waals surface area contributed by atoms with Crippen molar-refractivity contribution in [3.05, 3.63) is 41.3 Å². The predicted molar refractivity (Wildman–Crippen MR) is 53.0 cm³/mol. The Balaban J connectivity index is 2.73. The van der Waals surface area contributed by atoms with Crippen molar-refractivity contribution in [2.45, 2.75) is 19.4 Å². The van der Waals surface area contributed by atoms with Crippen molar-refractivity contribution in [3.8, 4) is 0 Å². The molecule has 0 bridgehead atoms. The van der Waals surface area contributed by atoms with E-state index in [4.69, 9.17) is 17.3 Å². The van der Waals surface area contributed by atoms with Crippen LogP contribution in [0, 0.1) is 6.42 Å². The van der Waals surface area contributed by atoms with Crippen LogP contribution in [-0.2, 0) is 0 Å². The van der Waals surface area contributed by atoms with Crippen LogP contribution in [0.25, 0.3) is 0 Å². The van der Waals surface area contributed by atoms with Crippen molar-refractivity contribution >= 4 is 11.6 Å². The third-order valence-electron chi connectivity index (χ3n) is 1.77. The Hall–Kier alpha value is -0.530. The topological polar surface area (TPSA) is 26.0 Å². The Kier molecular flexibility index (Phi) is 3.57. The standard InChI is InChI=1S/C10H13ClN/c1-2-4-10(12)8-5-3-6-9(11)7-8/h2-3,5-7,10H,4,12H2,1H3. The zero-order valence-electron chi connectivity index (χ0n) is 7.13. The van der Waals surface area contributed by atoms with E-state index in [2.05, 4.69) is 6.42 Å². The van der Waals surface area contributed by atoms with E-state index in [1.165, 1.54) is 0 Å². The first-order valence-corrected chi connectivity index (χ1v) is 4.40. The second-order valence-corrected chi connectivity index (χ2v) is 3.24. The van der Waals surface area contributed by atoms with Gasteiger partial charge in [0.15, 0.2) is 0 Å². The highest BCUT2D eigenvalue weighted by molar-refractivity contribution is 6.30. The van der Waals surface area contributed by atoms with E-state index in [1.807, 2.05) is 31.2 Å². The third kappa shape index (κ3) is 2.50. The minimum atomic E-state index is 0.0775. The average molecular weight is 183 g/mol. The van der Waals surface area contributed by atoms with E-state index in [0.717, 1.165) is 17.0 Å². The van der Waals surface area contributed by atoms with Crippen LogP contribution in [0.2, 0.25) is 5.02 Å². The fraction of sp³-hybridized carbons (Fsp3) is 0.300. The van der Waals surface area contributed by atoms with Gasteiger partial charge in [0, 0.05) is 11.1 Å². The third-order valence-corrected chi connectivity index (χ3v) is 2.00. The van der Waals surface area contributed by atoms with Crippen LogP contribution in [0.15, 0.2) is 24.3 Å². The molecule has 0 aliphatic heterocycles. The lowest BCUT2D eigenvalue weighted by molar-refractivity contribution is 0.712. The van der Waals surface area contributed by atoms with Crippen molar-refractivity contribution in [2.24, 2.45) is 5.73 Å². The summed E-state index contributed by atoms with van der Waals surface area (Å²) in [6.07, 6.45) is 2.95. The summed E-state index contributed by atoms with van der Waals surface area (Å²) in [7, 11) is 0. The first-order valence-electron chi connectivity index (χ1n) is 4.03. The van der Waals surface area contributed by atoms with Gasteiger partial charge in [0.1, 0.15) is 0 Å². The quantitative estimate of drug-likeness (QED) is 0.765. The Morgan fingerprint density at radius 2 is 2.33 bits per heavy atom. The predicted octanol–water partition coefficient (Wildman–Crippen LogP) is 2.95. The molecule has 1 nitrogen and oxygen atoms in total. The molecule has 0 heterocycles. The molecule has 0 saturated heterocycles. The Bertz CT molecular complexity index is 247. The second-order valence-electron chi connectivity index (χ2n) is 2.81. The number of rotatable bonds is 3. The average Bonchev–Trinajstić information content (AvgIpc) is 2.05. The molecular weight excluding hydrogens is 170 g/mol. The van der Waals surface area contributed by atoms with Crippen LogP contribution in [0.5, 0.6) is 0 Å². The summed E-state index contributed by atoms with van der Waals surface area (Å²) in [6, 6.07) is 7.77. The molecule has 12 heavy (non-hydrogen) atoms. The van der Waals surface area contributed by atoms with Gasteiger partial charge in [-0.25, -0.2) is 0 Å². The van der Waals surface area contributed by atoms with Gasteiger partial charge in [-0.15, -0.1) is 0 Å². The minimum Gasteiger partial charge on any atom is -0.324 e.